The van der Waals surface area contributed by atoms with E-state index in [1.165, 1.54) is 50.3 Å². The van der Waals surface area contributed by atoms with E-state index in [-0.39, 0.29) is 67.1 Å². The molecule has 352 valence electrons. The summed E-state index contributed by atoms with van der Waals surface area (Å²) in [6.07, 6.45) is 9.12. The van der Waals surface area contributed by atoms with E-state index in [1.54, 1.807) is 6.08 Å². The topological polar surface area (TPSA) is 250 Å². The van der Waals surface area contributed by atoms with Gasteiger partial charge in [0.2, 0.25) is 0 Å². The zero-order valence-electron chi connectivity index (χ0n) is 36.8. The van der Waals surface area contributed by atoms with Crippen LogP contribution in [0.5, 0.6) is 0 Å². The van der Waals surface area contributed by atoms with Crippen molar-refractivity contribution in [2.24, 2.45) is 5.92 Å². The van der Waals surface area contributed by atoms with Crippen LogP contribution in [0.15, 0.2) is 86.8 Å². The number of carbonyl (C=O) groups excluding carboxylic acids is 7. The largest absolute Gasteiger partial charge is 0.464 e. The third kappa shape index (κ3) is 16.5. The van der Waals surface area contributed by atoms with Crippen LogP contribution in [0.4, 0.5) is 0 Å². The summed E-state index contributed by atoms with van der Waals surface area (Å²) < 4.78 is 37.9. The molecular weight excluding hydrogens is 854 g/mol. The molecule has 0 spiro atoms. The molecule has 0 saturated heterocycles. The van der Waals surface area contributed by atoms with E-state index in [0.29, 0.717) is 20.1 Å². The van der Waals surface area contributed by atoms with Gasteiger partial charge in [-0.3, -0.25) is 9.59 Å². The van der Waals surface area contributed by atoms with Crippen molar-refractivity contribution in [3.8, 4) is 0 Å². The van der Waals surface area contributed by atoms with Crippen molar-refractivity contribution in [1.82, 2.24) is 13.7 Å². The molecule has 20 heteroatoms. The highest BCUT2D eigenvalue weighted by molar-refractivity contribution is 6.03. The molecule has 1 aliphatic rings. The minimum Gasteiger partial charge on any atom is -0.464 e. The normalized spacial score (nSPS) is 12.8. The molecular formula is C45H55N3O17. The number of allylic oxidation sites excluding steroid dienone is 3. The summed E-state index contributed by atoms with van der Waals surface area (Å²) in [6, 6.07) is 5.49. The highest BCUT2D eigenvalue weighted by Gasteiger charge is 2.31. The molecule has 1 heterocycles. The number of aromatic nitrogens is 3. The summed E-state index contributed by atoms with van der Waals surface area (Å²) in [7, 11) is 0. The summed E-state index contributed by atoms with van der Waals surface area (Å²) >= 11 is 0. The van der Waals surface area contributed by atoms with E-state index in [1.807, 2.05) is 0 Å². The van der Waals surface area contributed by atoms with Crippen molar-refractivity contribution in [2.75, 3.05) is 46.2 Å². The van der Waals surface area contributed by atoms with Crippen LogP contribution in [-0.2, 0) is 76.8 Å². The molecule has 3 rings (SSSR count). The molecule has 65 heavy (non-hydrogen) atoms. The Hall–Kier alpha value is -7.12. The van der Waals surface area contributed by atoms with Gasteiger partial charge in [-0.25, -0.2) is 52.1 Å². The van der Waals surface area contributed by atoms with Crippen molar-refractivity contribution in [2.45, 2.75) is 85.4 Å². The molecule has 0 fully saturated rings. The van der Waals surface area contributed by atoms with Crippen LogP contribution in [-0.4, -0.2) is 102 Å². The zero-order chi connectivity index (χ0) is 47.9. The predicted octanol–water partition coefficient (Wildman–Crippen LogP) is 2.92. The van der Waals surface area contributed by atoms with E-state index >= 15 is 0 Å². The molecule has 0 amide bonds. The van der Waals surface area contributed by atoms with E-state index in [9.17, 15) is 47.9 Å². The first-order valence-electron chi connectivity index (χ1n) is 21.0. The van der Waals surface area contributed by atoms with E-state index in [4.69, 9.17) is 33.2 Å². The first-order chi connectivity index (χ1) is 31.1. The fourth-order valence-electron chi connectivity index (χ4n) is 5.94. The summed E-state index contributed by atoms with van der Waals surface area (Å²) in [4.78, 5) is 129. The van der Waals surface area contributed by atoms with Gasteiger partial charge in [-0.05, 0) is 38.8 Å². The van der Waals surface area contributed by atoms with Gasteiger partial charge in [0.1, 0.15) is 46.2 Å². The number of ether oxygens (including phenoxy) is 7. The molecule has 0 radical (unpaired) electrons. The maximum atomic E-state index is 13.7. The Balaban J connectivity index is 1.75. The predicted molar refractivity (Wildman–Crippen MR) is 229 cm³/mol. The van der Waals surface area contributed by atoms with Gasteiger partial charge in [0.05, 0.1) is 42.3 Å². The molecule has 1 atom stereocenters. The monoisotopic (exact) mass is 909 g/mol. The highest BCUT2D eigenvalue weighted by Crippen LogP contribution is 2.23. The lowest BCUT2D eigenvalue weighted by Crippen LogP contribution is -2.55. The SMILES string of the molecule is C=C(C)C(=O)OCCOC(=O)C1=CC=CCC1C(=O)OCCn1c(=O)n(CCOC(=O)CCCCCCC)c(=O)n(CCOC(=O)c2ccccc2C(=O)OCCOC(=O)C(=C)C)c1=O. The first kappa shape index (κ1) is 52.2. The van der Waals surface area contributed by atoms with Gasteiger partial charge in [-0.1, -0.05) is 76.1 Å². The van der Waals surface area contributed by atoms with Crippen molar-refractivity contribution in [1.29, 1.82) is 0 Å². The number of rotatable bonds is 27. The van der Waals surface area contributed by atoms with Gasteiger partial charge in [0, 0.05) is 17.6 Å². The Morgan fingerprint density at radius 2 is 1.03 bits per heavy atom. The van der Waals surface area contributed by atoms with E-state index in [0.717, 1.165) is 25.7 Å². The number of hydrogen-bond acceptors (Lipinski definition) is 17. The van der Waals surface area contributed by atoms with Gasteiger partial charge in [-0.2, -0.15) is 0 Å². The second-order valence-electron chi connectivity index (χ2n) is 14.5. The average Bonchev–Trinajstić information content (AvgIpc) is 3.29. The summed E-state index contributed by atoms with van der Waals surface area (Å²) in [5.74, 6) is -6.73. The molecule has 1 unspecified atom stereocenters. The lowest BCUT2D eigenvalue weighted by Gasteiger charge is -2.19. The van der Waals surface area contributed by atoms with Crippen molar-refractivity contribution in [3.05, 3.63) is 115 Å². The van der Waals surface area contributed by atoms with Gasteiger partial charge in [0.15, 0.2) is 0 Å². The van der Waals surface area contributed by atoms with Gasteiger partial charge in [0.25, 0.3) is 0 Å². The standard InChI is InChI=1S/C45H55N3O17/c1-6-7-8-9-10-19-36(49)59-23-20-46-43(56)47(21-24-60-39(52)32-15-11-13-17-34(32)41(54)64-28-26-62-37(50)30(2)3)45(58)48(44(46)57)22-25-61-40(53)33-16-12-14-18-35(33)42(55)65-29-27-63-38(51)31(4)5/h11-15,17-18,33H,2,4,6-10,16,19-29H2,1,3,5H3. The molecule has 0 saturated carbocycles. The third-order valence-electron chi connectivity index (χ3n) is 9.40. The Bertz CT molecular complexity index is 2330. The van der Waals surface area contributed by atoms with Gasteiger partial charge >= 0.3 is 58.9 Å². The van der Waals surface area contributed by atoms with Crippen LogP contribution in [0.3, 0.4) is 0 Å². The Kier molecular flexibility index (Phi) is 21.8. The minimum absolute atomic E-state index is 0.0524. The number of hydrogen-bond donors (Lipinski definition) is 0. The second-order valence-corrected chi connectivity index (χ2v) is 14.5. The fraction of sp³-hybridized carbons (Fsp3) is 0.467. The molecule has 0 aliphatic heterocycles. The van der Waals surface area contributed by atoms with Crippen molar-refractivity contribution >= 4 is 41.8 Å². The fourth-order valence-corrected chi connectivity index (χ4v) is 5.94. The number of nitrogens with zero attached hydrogens (tertiary/aromatic N) is 3. The van der Waals surface area contributed by atoms with Gasteiger partial charge in [-0.15, -0.1) is 0 Å². The first-order valence-corrected chi connectivity index (χ1v) is 21.0. The highest BCUT2D eigenvalue weighted by atomic mass is 16.6. The van der Waals surface area contributed by atoms with Crippen LogP contribution in [0.25, 0.3) is 0 Å². The Morgan fingerprint density at radius 3 is 1.54 bits per heavy atom. The molecule has 0 bridgehead atoms. The number of esters is 7. The molecule has 1 aromatic carbocycles. The van der Waals surface area contributed by atoms with Crippen LogP contribution < -0.4 is 17.1 Å². The maximum Gasteiger partial charge on any atom is 0.339 e. The van der Waals surface area contributed by atoms with Crippen molar-refractivity contribution in [3.63, 3.8) is 0 Å². The van der Waals surface area contributed by atoms with Crippen molar-refractivity contribution < 1.29 is 66.7 Å². The Labute approximate surface area is 374 Å². The van der Waals surface area contributed by atoms with Crippen LogP contribution in [0, 0.1) is 5.92 Å². The van der Waals surface area contributed by atoms with Crippen LogP contribution >= 0.6 is 0 Å². The lowest BCUT2D eigenvalue weighted by atomic mass is 9.91. The van der Waals surface area contributed by atoms with Gasteiger partial charge < -0.3 is 33.2 Å². The minimum atomic E-state index is -1.15. The lowest BCUT2D eigenvalue weighted by molar-refractivity contribution is -0.152. The van der Waals surface area contributed by atoms with Crippen LogP contribution in [0.2, 0.25) is 0 Å². The smallest absolute Gasteiger partial charge is 0.339 e. The quantitative estimate of drug-likeness (QED) is 0.0541. The number of unbranched alkanes of at least 4 members (excludes halogenated alkanes) is 4. The molecule has 1 aromatic heterocycles. The number of carbonyl (C=O) groups is 7. The summed E-state index contributed by atoms with van der Waals surface area (Å²) in [5.41, 5.74) is -3.53. The summed E-state index contributed by atoms with van der Waals surface area (Å²) in [5, 5.41) is 0. The molecule has 0 N–H and O–H groups in total. The zero-order valence-corrected chi connectivity index (χ0v) is 36.8. The van der Waals surface area contributed by atoms with E-state index in [2.05, 4.69) is 20.1 Å². The molecule has 20 nitrogen and oxygen atoms in total. The molecule has 2 aromatic rings. The Morgan fingerprint density at radius 1 is 0.585 bits per heavy atom. The second kappa shape index (κ2) is 27.2. The third-order valence-corrected chi connectivity index (χ3v) is 9.40. The summed E-state index contributed by atoms with van der Waals surface area (Å²) in [6.45, 7) is 7.54. The molecule has 1 aliphatic carbocycles. The maximum absolute atomic E-state index is 13.7. The number of benzene rings is 1. The average molecular weight is 910 g/mol. The van der Waals surface area contributed by atoms with E-state index < -0.39 is 104 Å². The van der Waals surface area contributed by atoms with Crippen LogP contribution in [0.1, 0.15) is 86.4 Å².